The van der Waals surface area contributed by atoms with Crippen LogP contribution in [0.3, 0.4) is 0 Å². The van der Waals surface area contributed by atoms with Gasteiger partial charge in [-0.3, -0.25) is 9.69 Å². The lowest BCUT2D eigenvalue weighted by Gasteiger charge is -2.40. The van der Waals surface area contributed by atoms with E-state index in [-0.39, 0.29) is 11.9 Å². The van der Waals surface area contributed by atoms with Gasteiger partial charge in [-0.25, -0.2) is 0 Å². The largest absolute Gasteiger partial charge is 0.353 e. The van der Waals surface area contributed by atoms with Crippen LogP contribution in [0.5, 0.6) is 0 Å². The molecule has 2 saturated heterocycles. The maximum absolute atomic E-state index is 12.1. The molecule has 2 fully saturated rings. The SMILES string of the molecule is CC(C)C(CNC(=O)C1CCCN1)N1CCN(C)CC1. The van der Waals surface area contributed by atoms with Gasteiger partial charge in [-0.2, -0.15) is 0 Å². The lowest BCUT2D eigenvalue weighted by atomic mass is 10.0. The van der Waals surface area contributed by atoms with Gasteiger partial charge in [-0.05, 0) is 32.4 Å². The van der Waals surface area contributed by atoms with Crippen molar-refractivity contribution in [1.29, 1.82) is 0 Å². The number of hydrogen-bond acceptors (Lipinski definition) is 4. The maximum Gasteiger partial charge on any atom is 0.237 e. The molecule has 0 spiro atoms. The van der Waals surface area contributed by atoms with Crippen molar-refractivity contribution in [2.24, 2.45) is 5.92 Å². The molecule has 2 rings (SSSR count). The Labute approximate surface area is 123 Å². The van der Waals surface area contributed by atoms with Gasteiger partial charge in [-0.15, -0.1) is 0 Å². The summed E-state index contributed by atoms with van der Waals surface area (Å²) >= 11 is 0. The van der Waals surface area contributed by atoms with Crippen LogP contribution in [0, 0.1) is 5.92 Å². The molecular weight excluding hydrogens is 252 g/mol. The van der Waals surface area contributed by atoms with E-state index in [9.17, 15) is 4.79 Å². The predicted molar refractivity (Wildman–Crippen MR) is 81.7 cm³/mol. The monoisotopic (exact) mass is 282 g/mol. The van der Waals surface area contributed by atoms with Gasteiger partial charge in [0, 0.05) is 38.8 Å². The highest BCUT2D eigenvalue weighted by molar-refractivity contribution is 5.82. The molecule has 0 saturated carbocycles. The fourth-order valence-corrected chi connectivity index (χ4v) is 3.18. The van der Waals surface area contributed by atoms with Gasteiger partial charge in [0.2, 0.25) is 5.91 Å². The molecule has 2 unspecified atom stereocenters. The Morgan fingerprint density at radius 1 is 1.30 bits per heavy atom. The molecule has 5 nitrogen and oxygen atoms in total. The zero-order valence-corrected chi connectivity index (χ0v) is 13.2. The van der Waals surface area contributed by atoms with Gasteiger partial charge < -0.3 is 15.5 Å². The van der Waals surface area contributed by atoms with E-state index in [1.165, 1.54) is 0 Å². The summed E-state index contributed by atoms with van der Waals surface area (Å²) in [5.74, 6) is 0.748. The van der Waals surface area contributed by atoms with Crippen LogP contribution < -0.4 is 10.6 Å². The van der Waals surface area contributed by atoms with Crippen LogP contribution in [-0.2, 0) is 4.79 Å². The van der Waals surface area contributed by atoms with Crippen molar-refractivity contribution >= 4 is 5.91 Å². The lowest BCUT2D eigenvalue weighted by molar-refractivity contribution is -0.123. The van der Waals surface area contributed by atoms with Crippen molar-refractivity contribution in [2.75, 3.05) is 46.3 Å². The Morgan fingerprint density at radius 3 is 2.55 bits per heavy atom. The number of likely N-dealkylation sites (N-methyl/N-ethyl adjacent to an activating group) is 1. The molecule has 116 valence electrons. The zero-order valence-electron chi connectivity index (χ0n) is 13.2. The smallest absolute Gasteiger partial charge is 0.237 e. The van der Waals surface area contributed by atoms with Gasteiger partial charge in [0.15, 0.2) is 0 Å². The number of nitrogens with zero attached hydrogens (tertiary/aromatic N) is 2. The number of carbonyl (C=O) groups excluding carboxylic acids is 1. The molecule has 0 radical (unpaired) electrons. The average Bonchev–Trinajstić information content (AvgIpc) is 2.94. The van der Waals surface area contributed by atoms with E-state index in [2.05, 4.69) is 41.3 Å². The molecule has 0 aliphatic carbocycles. The highest BCUT2D eigenvalue weighted by Crippen LogP contribution is 2.13. The molecule has 0 aromatic heterocycles. The van der Waals surface area contributed by atoms with E-state index in [0.29, 0.717) is 12.0 Å². The topological polar surface area (TPSA) is 47.6 Å². The molecule has 2 N–H and O–H groups in total. The Morgan fingerprint density at radius 2 is 2.00 bits per heavy atom. The molecule has 2 aliphatic heterocycles. The van der Waals surface area contributed by atoms with Crippen molar-refractivity contribution in [2.45, 2.75) is 38.8 Å². The zero-order chi connectivity index (χ0) is 14.5. The van der Waals surface area contributed by atoms with Crippen molar-refractivity contribution in [3.8, 4) is 0 Å². The lowest BCUT2D eigenvalue weighted by Crippen LogP contribution is -2.55. The minimum atomic E-state index is 0.0373. The summed E-state index contributed by atoms with van der Waals surface area (Å²) in [5, 5.41) is 6.42. The second-order valence-corrected chi connectivity index (χ2v) is 6.54. The summed E-state index contributed by atoms with van der Waals surface area (Å²) in [6.07, 6.45) is 2.09. The molecule has 2 heterocycles. The fraction of sp³-hybridized carbons (Fsp3) is 0.933. The number of nitrogens with one attached hydrogen (secondary N) is 2. The summed E-state index contributed by atoms with van der Waals surface area (Å²) in [5.41, 5.74) is 0. The summed E-state index contributed by atoms with van der Waals surface area (Å²) in [6.45, 7) is 10.7. The number of carbonyl (C=O) groups is 1. The molecule has 2 aliphatic rings. The van der Waals surface area contributed by atoms with Crippen LogP contribution in [0.2, 0.25) is 0 Å². The first-order chi connectivity index (χ1) is 9.58. The van der Waals surface area contributed by atoms with Crippen LogP contribution >= 0.6 is 0 Å². The normalized spacial score (nSPS) is 26.9. The maximum atomic E-state index is 12.1. The molecular formula is C15H30N4O. The van der Waals surface area contributed by atoms with Crippen LogP contribution in [0.1, 0.15) is 26.7 Å². The predicted octanol–water partition coefficient (Wildman–Crippen LogP) is 0.127. The number of piperazine rings is 1. The van der Waals surface area contributed by atoms with Gasteiger partial charge in [0.05, 0.1) is 6.04 Å². The van der Waals surface area contributed by atoms with Gasteiger partial charge >= 0.3 is 0 Å². The minimum absolute atomic E-state index is 0.0373. The van der Waals surface area contributed by atoms with Crippen molar-refractivity contribution < 1.29 is 4.79 Å². The van der Waals surface area contributed by atoms with Crippen LogP contribution in [-0.4, -0.2) is 74.1 Å². The number of rotatable bonds is 5. The Bertz CT molecular complexity index is 307. The van der Waals surface area contributed by atoms with Gasteiger partial charge in [0.25, 0.3) is 0 Å². The van der Waals surface area contributed by atoms with Crippen molar-refractivity contribution in [3.63, 3.8) is 0 Å². The van der Waals surface area contributed by atoms with E-state index < -0.39 is 0 Å². The molecule has 1 amide bonds. The van der Waals surface area contributed by atoms with Crippen LogP contribution in [0.25, 0.3) is 0 Å². The first kappa shape index (κ1) is 15.7. The highest BCUT2D eigenvalue weighted by Gasteiger charge is 2.27. The van der Waals surface area contributed by atoms with Gasteiger partial charge in [-0.1, -0.05) is 13.8 Å². The number of hydrogen-bond donors (Lipinski definition) is 2. The third kappa shape index (κ3) is 4.17. The second kappa shape index (κ2) is 7.38. The molecule has 20 heavy (non-hydrogen) atoms. The first-order valence-electron chi connectivity index (χ1n) is 8.01. The van der Waals surface area contributed by atoms with Crippen molar-refractivity contribution in [3.05, 3.63) is 0 Å². The summed E-state index contributed by atoms with van der Waals surface area (Å²) in [4.78, 5) is 17.0. The molecule has 0 aromatic rings. The average molecular weight is 282 g/mol. The Hall–Kier alpha value is -0.650. The molecule has 0 bridgehead atoms. The van der Waals surface area contributed by atoms with Crippen LogP contribution in [0.4, 0.5) is 0 Å². The van der Waals surface area contributed by atoms with E-state index in [1.54, 1.807) is 0 Å². The second-order valence-electron chi connectivity index (χ2n) is 6.54. The van der Waals surface area contributed by atoms with Gasteiger partial charge in [0.1, 0.15) is 0 Å². The summed E-state index contributed by atoms with van der Waals surface area (Å²) in [7, 11) is 2.18. The van der Waals surface area contributed by atoms with E-state index >= 15 is 0 Å². The molecule has 2 atom stereocenters. The Balaban J connectivity index is 1.81. The number of amides is 1. The van der Waals surface area contributed by atoms with E-state index in [0.717, 1.165) is 52.1 Å². The summed E-state index contributed by atoms with van der Waals surface area (Å²) < 4.78 is 0. The fourth-order valence-electron chi connectivity index (χ4n) is 3.18. The third-order valence-corrected chi connectivity index (χ3v) is 4.64. The van der Waals surface area contributed by atoms with Crippen molar-refractivity contribution in [1.82, 2.24) is 20.4 Å². The van der Waals surface area contributed by atoms with E-state index in [1.807, 2.05) is 0 Å². The molecule has 0 aromatic carbocycles. The minimum Gasteiger partial charge on any atom is -0.353 e. The highest BCUT2D eigenvalue weighted by atomic mass is 16.2. The third-order valence-electron chi connectivity index (χ3n) is 4.64. The van der Waals surface area contributed by atoms with E-state index in [4.69, 9.17) is 0 Å². The molecule has 5 heteroatoms. The Kier molecular flexibility index (Phi) is 5.81. The quantitative estimate of drug-likeness (QED) is 0.752. The van der Waals surface area contributed by atoms with Crippen LogP contribution in [0.15, 0.2) is 0 Å². The first-order valence-corrected chi connectivity index (χ1v) is 8.01. The standard InChI is InChI=1S/C15H30N4O/c1-12(2)14(19-9-7-18(3)8-10-19)11-17-15(20)13-5-4-6-16-13/h12-14,16H,4-11H2,1-3H3,(H,17,20). The summed E-state index contributed by atoms with van der Waals surface area (Å²) in [6, 6.07) is 0.490.